The van der Waals surface area contributed by atoms with Crippen LogP contribution in [-0.2, 0) is 9.53 Å². The number of hydrogen-bond donors (Lipinski definition) is 1. The molecule has 2 amide bonds. The van der Waals surface area contributed by atoms with E-state index in [-0.39, 0.29) is 24.7 Å². The molecule has 1 N–H and O–H groups in total. The summed E-state index contributed by atoms with van der Waals surface area (Å²) in [6, 6.07) is -0.201. The van der Waals surface area contributed by atoms with Crippen LogP contribution in [0.3, 0.4) is 0 Å². The molecule has 2 fully saturated rings. The SMILES string of the molecule is C=CCN(C(=O)N(CC)C1COCC1C(=O)O)C1CC1. The maximum atomic E-state index is 12.7. The molecule has 2 unspecified atom stereocenters. The Kier molecular flexibility index (Phi) is 4.65. The minimum Gasteiger partial charge on any atom is -0.481 e. The molecule has 1 aliphatic carbocycles. The van der Waals surface area contributed by atoms with E-state index in [0.717, 1.165) is 12.8 Å². The normalized spacial score (nSPS) is 25.2. The molecule has 0 radical (unpaired) electrons. The van der Waals surface area contributed by atoms with E-state index in [1.54, 1.807) is 15.9 Å². The summed E-state index contributed by atoms with van der Waals surface area (Å²) in [6.45, 7) is 7.02. The van der Waals surface area contributed by atoms with E-state index in [1.165, 1.54) is 0 Å². The van der Waals surface area contributed by atoms with Crippen molar-refractivity contribution in [2.75, 3.05) is 26.3 Å². The monoisotopic (exact) mass is 282 g/mol. The predicted molar refractivity (Wildman–Crippen MR) is 73.4 cm³/mol. The first-order valence-corrected chi connectivity index (χ1v) is 7.08. The lowest BCUT2D eigenvalue weighted by molar-refractivity contribution is -0.142. The third-order valence-corrected chi connectivity index (χ3v) is 3.91. The van der Waals surface area contributed by atoms with Crippen LogP contribution in [0, 0.1) is 5.92 Å². The molecule has 0 spiro atoms. The number of ether oxygens (including phenoxy) is 1. The minimum atomic E-state index is -0.902. The van der Waals surface area contributed by atoms with E-state index in [1.807, 2.05) is 6.92 Å². The van der Waals surface area contributed by atoms with E-state index >= 15 is 0 Å². The van der Waals surface area contributed by atoms with Gasteiger partial charge in [-0.1, -0.05) is 6.08 Å². The van der Waals surface area contributed by atoms with E-state index < -0.39 is 11.9 Å². The van der Waals surface area contributed by atoms with Crippen LogP contribution in [-0.4, -0.2) is 65.3 Å². The van der Waals surface area contributed by atoms with Gasteiger partial charge in [-0.2, -0.15) is 0 Å². The van der Waals surface area contributed by atoms with Crippen molar-refractivity contribution in [3.8, 4) is 0 Å². The number of urea groups is 1. The van der Waals surface area contributed by atoms with Gasteiger partial charge < -0.3 is 19.6 Å². The summed E-state index contributed by atoms with van der Waals surface area (Å²) >= 11 is 0. The van der Waals surface area contributed by atoms with Crippen molar-refractivity contribution < 1.29 is 19.4 Å². The first-order chi connectivity index (χ1) is 9.60. The minimum absolute atomic E-state index is 0.100. The molecular weight excluding hydrogens is 260 g/mol. The standard InChI is InChI=1S/C14H22N2O4/c1-3-7-16(10-5-6-10)14(19)15(4-2)12-9-20-8-11(12)13(17)18/h3,10-12H,1,4-9H2,2H3,(H,17,18). The molecule has 6 nitrogen and oxygen atoms in total. The number of nitrogens with zero attached hydrogens (tertiary/aromatic N) is 2. The summed E-state index contributed by atoms with van der Waals surface area (Å²) in [5.74, 6) is -1.54. The molecule has 1 heterocycles. The molecule has 2 aliphatic rings. The zero-order valence-corrected chi connectivity index (χ0v) is 11.8. The van der Waals surface area contributed by atoms with Gasteiger partial charge in [-0.3, -0.25) is 4.79 Å². The molecule has 1 saturated carbocycles. The van der Waals surface area contributed by atoms with Gasteiger partial charge in [-0.25, -0.2) is 4.79 Å². The number of hydrogen-bond acceptors (Lipinski definition) is 3. The molecule has 6 heteroatoms. The molecular formula is C14H22N2O4. The lowest BCUT2D eigenvalue weighted by Gasteiger charge is -2.34. The maximum Gasteiger partial charge on any atom is 0.320 e. The summed E-state index contributed by atoms with van der Waals surface area (Å²) < 4.78 is 5.27. The van der Waals surface area contributed by atoms with Crippen molar-refractivity contribution >= 4 is 12.0 Å². The highest BCUT2D eigenvalue weighted by molar-refractivity contribution is 5.78. The Morgan fingerprint density at radius 1 is 1.35 bits per heavy atom. The molecule has 0 aromatic heterocycles. The second-order valence-electron chi connectivity index (χ2n) is 5.29. The van der Waals surface area contributed by atoms with Crippen LogP contribution in [0.5, 0.6) is 0 Å². The van der Waals surface area contributed by atoms with Gasteiger partial charge in [0, 0.05) is 19.1 Å². The number of carboxylic acid groups (broad SMARTS) is 1. The van der Waals surface area contributed by atoms with Crippen LogP contribution in [0.25, 0.3) is 0 Å². The zero-order chi connectivity index (χ0) is 14.7. The van der Waals surface area contributed by atoms with Crippen molar-refractivity contribution in [1.82, 2.24) is 9.80 Å². The van der Waals surface area contributed by atoms with Crippen molar-refractivity contribution in [2.45, 2.75) is 31.8 Å². The predicted octanol–water partition coefficient (Wildman–Crippen LogP) is 1.18. The smallest absolute Gasteiger partial charge is 0.320 e. The second-order valence-corrected chi connectivity index (χ2v) is 5.29. The lowest BCUT2D eigenvalue weighted by Crippen LogP contribution is -2.52. The summed E-state index contributed by atoms with van der Waals surface area (Å²) in [7, 11) is 0. The van der Waals surface area contributed by atoms with Crippen LogP contribution in [0.4, 0.5) is 4.79 Å². The van der Waals surface area contributed by atoms with Crippen molar-refractivity contribution in [3.05, 3.63) is 12.7 Å². The second kappa shape index (κ2) is 6.26. The number of amides is 2. The summed E-state index contributed by atoms with van der Waals surface area (Å²) in [4.78, 5) is 27.3. The van der Waals surface area contributed by atoms with Crippen molar-refractivity contribution in [2.24, 2.45) is 5.92 Å². The Hall–Kier alpha value is -1.56. The van der Waals surface area contributed by atoms with Gasteiger partial charge in [0.05, 0.1) is 19.3 Å². The van der Waals surface area contributed by atoms with Crippen LogP contribution in [0.1, 0.15) is 19.8 Å². The van der Waals surface area contributed by atoms with E-state index in [9.17, 15) is 14.7 Å². The van der Waals surface area contributed by atoms with Gasteiger partial charge >= 0.3 is 12.0 Å². The third-order valence-electron chi connectivity index (χ3n) is 3.91. The Bertz CT molecular complexity index is 395. The number of rotatable bonds is 6. The molecule has 1 saturated heterocycles. The molecule has 20 heavy (non-hydrogen) atoms. The molecule has 1 aliphatic heterocycles. The van der Waals surface area contributed by atoms with E-state index in [0.29, 0.717) is 19.7 Å². The van der Waals surface area contributed by atoms with Gasteiger partial charge in [0.2, 0.25) is 0 Å². The summed E-state index contributed by atoms with van der Waals surface area (Å²) in [6.07, 6.45) is 3.74. The van der Waals surface area contributed by atoms with Crippen LogP contribution < -0.4 is 0 Å². The van der Waals surface area contributed by atoms with Gasteiger partial charge in [-0.05, 0) is 19.8 Å². The fourth-order valence-electron chi connectivity index (χ4n) is 2.67. The maximum absolute atomic E-state index is 12.7. The third kappa shape index (κ3) is 2.95. The molecule has 112 valence electrons. The highest BCUT2D eigenvalue weighted by atomic mass is 16.5. The fourth-order valence-corrected chi connectivity index (χ4v) is 2.67. The first kappa shape index (κ1) is 14.8. The quantitative estimate of drug-likeness (QED) is 0.743. The number of carbonyl (C=O) groups is 2. The summed E-state index contributed by atoms with van der Waals surface area (Å²) in [5.41, 5.74) is 0. The fraction of sp³-hybridized carbons (Fsp3) is 0.714. The molecule has 2 atom stereocenters. The van der Waals surface area contributed by atoms with Crippen molar-refractivity contribution in [3.63, 3.8) is 0 Å². The van der Waals surface area contributed by atoms with Crippen LogP contribution in [0.2, 0.25) is 0 Å². The molecule has 2 rings (SSSR count). The number of likely N-dealkylation sites (N-methyl/N-ethyl adjacent to an activating group) is 1. The van der Waals surface area contributed by atoms with Gasteiger partial charge in [0.1, 0.15) is 5.92 Å². The lowest BCUT2D eigenvalue weighted by atomic mass is 10.0. The van der Waals surface area contributed by atoms with E-state index in [2.05, 4.69) is 6.58 Å². The van der Waals surface area contributed by atoms with Gasteiger partial charge in [0.25, 0.3) is 0 Å². The molecule has 0 aromatic carbocycles. The average molecular weight is 282 g/mol. The Balaban J connectivity index is 2.11. The number of carbonyl (C=O) groups excluding carboxylic acids is 1. The Labute approximate surface area is 119 Å². The highest BCUT2D eigenvalue weighted by Gasteiger charge is 2.42. The number of aliphatic carboxylic acids is 1. The summed E-state index contributed by atoms with van der Waals surface area (Å²) in [5, 5.41) is 9.23. The van der Waals surface area contributed by atoms with Gasteiger partial charge in [0.15, 0.2) is 0 Å². The van der Waals surface area contributed by atoms with Crippen molar-refractivity contribution in [1.29, 1.82) is 0 Å². The zero-order valence-electron chi connectivity index (χ0n) is 11.8. The molecule has 0 aromatic rings. The number of carboxylic acids is 1. The largest absolute Gasteiger partial charge is 0.481 e. The van der Waals surface area contributed by atoms with E-state index in [4.69, 9.17) is 4.74 Å². The topological polar surface area (TPSA) is 70.1 Å². The highest BCUT2D eigenvalue weighted by Crippen LogP contribution is 2.29. The van der Waals surface area contributed by atoms with Gasteiger partial charge in [-0.15, -0.1) is 6.58 Å². The van der Waals surface area contributed by atoms with Crippen LogP contribution >= 0.6 is 0 Å². The Morgan fingerprint density at radius 3 is 2.55 bits per heavy atom. The molecule has 0 bridgehead atoms. The Morgan fingerprint density at radius 2 is 2.05 bits per heavy atom. The van der Waals surface area contributed by atoms with Crippen LogP contribution in [0.15, 0.2) is 12.7 Å². The average Bonchev–Trinajstić information content (AvgIpc) is 3.14. The first-order valence-electron chi connectivity index (χ1n) is 7.08.